The molecule has 2 heterocycles. The van der Waals surface area contributed by atoms with Crippen LogP contribution in [0.15, 0.2) is 0 Å². The first-order valence-corrected chi connectivity index (χ1v) is 16.3. The fourth-order valence-electron chi connectivity index (χ4n) is 4.57. The molecule has 0 bridgehead atoms. The third-order valence-electron chi connectivity index (χ3n) is 7.28. The van der Waals surface area contributed by atoms with E-state index in [-0.39, 0.29) is 12.1 Å². The summed E-state index contributed by atoms with van der Waals surface area (Å²) >= 11 is 0. The molecular formula is C20H41NO6Si2. The van der Waals surface area contributed by atoms with Crippen molar-refractivity contribution >= 4 is 22.6 Å². The summed E-state index contributed by atoms with van der Waals surface area (Å²) in [6.45, 7) is 13.0. The quantitative estimate of drug-likeness (QED) is 0.255. The first-order valence-electron chi connectivity index (χ1n) is 11.3. The fraction of sp³-hybridized carbons (Fsp3) is 0.950. The third-order valence-corrected chi connectivity index (χ3v) is 16.5. The number of hydrogen-bond acceptors (Lipinski definition) is 7. The van der Waals surface area contributed by atoms with Crippen molar-refractivity contribution in [1.82, 2.24) is 5.06 Å². The second-order valence-corrected chi connectivity index (χ2v) is 17.7. The normalized spacial score (nSPS) is 30.1. The van der Waals surface area contributed by atoms with E-state index in [0.29, 0.717) is 0 Å². The largest absolute Gasteiger partial charge is 0.455 e. The minimum absolute atomic E-state index is 0.309. The first-order chi connectivity index (χ1) is 13.8. The van der Waals surface area contributed by atoms with Gasteiger partial charge in [0.1, 0.15) is 12.2 Å². The van der Waals surface area contributed by atoms with E-state index in [9.17, 15) is 4.79 Å². The number of fused-ring (bicyclic) bond motifs is 1. The van der Waals surface area contributed by atoms with Gasteiger partial charge in [-0.3, -0.25) is 4.84 Å². The van der Waals surface area contributed by atoms with Crippen LogP contribution < -0.4 is 0 Å². The number of rotatable bonds is 12. The average molecular weight is 448 g/mol. The summed E-state index contributed by atoms with van der Waals surface area (Å²) in [5, 5.41) is 1.66. The number of carbonyl (C=O) groups excluding carboxylic acids is 1. The molecular weight excluding hydrogens is 406 g/mol. The average Bonchev–Trinajstić information content (AvgIpc) is 3.25. The lowest BCUT2D eigenvalue weighted by Gasteiger charge is -2.36. The standard InChI is InChI=1S/C20H41NO6Si2/c1-9-28(10-2,11-3)26-17-15-16(24-19(17)21(7)23-8)18(20(22)25-15)27-29(12-4,13-5)14-6/h15-19H,9-14H2,1-8H3/t15-,16-,17+,18-,19+/m0/s1. The van der Waals surface area contributed by atoms with Crippen molar-refractivity contribution in [2.45, 2.75) is 108 Å². The van der Waals surface area contributed by atoms with Gasteiger partial charge in [0.25, 0.3) is 0 Å². The van der Waals surface area contributed by atoms with Gasteiger partial charge in [0, 0.05) is 7.05 Å². The van der Waals surface area contributed by atoms with E-state index in [0.717, 1.165) is 36.3 Å². The molecule has 0 spiro atoms. The van der Waals surface area contributed by atoms with Gasteiger partial charge < -0.3 is 18.3 Å². The van der Waals surface area contributed by atoms with Gasteiger partial charge in [-0.2, -0.15) is 5.06 Å². The van der Waals surface area contributed by atoms with Crippen LogP contribution in [0.3, 0.4) is 0 Å². The van der Waals surface area contributed by atoms with Crippen molar-refractivity contribution in [1.29, 1.82) is 0 Å². The molecule has 0 amide bonds. The lowest BCUT2D eigenvalue weighted by atomic mass is 10.1. The van der Waals surface area contributed by atoms with Crippen LogP contribution in [-0.4, -0.2) is 72.5 Å². The Bertz CT molecular complexity index is 527. The number of nitrogens with zero attached hydrogens (tertiary/aromatic N) is 1. The summed E-state index contributed by atoms with van der Waals surface area (Å²) in [5.74, 6) is -0.309. The Balaban J connectivity index is 2.31. The number of esters is 1. The second kappa shape index (κ2) is 10.3. The van der Waals surface area contributed by atoms with Gasteiger partial charge in [-0.25, -0.2) is 4.79 Å². The molecule has 0 radical (unpaired) electrons. The number of hydroxylamine groups is 2. The molecule has 2 fully saturated rings. The lowest BCUT2D eigenvalue weighted by molar-refractivity contribution is -0.237. The molecule has 0 unspecified atom stereocenters. The molecule has 5 atom stereocenters. The van der Waals surface area contributed by atoms with E-state index >= 15 is 0 Å². The molecule has 0 aromatic rings. The Morgan fingerprint density at radius 1 is 0.862 bits per heavy atom. The Morgan fingerprint density at radius 2 is 1.34 bits per heavy atom. The van der Waals surface area contributed by atoms with Crippen LogP contribution in [0.25, 0.3) is 0 Å². The van der Waals surface area contributed by atoms with Gasteiger partial charge in [0.2, 0.25) is 0 Å². The SMILES string of the molecule is CC[Si](CC)(CC)O[C@@H]1[C@H]2OC(=O)[C@@H](O[Si](CC)(CC)CC)[C@H]2O[C@H]1N(C)OC. The Morgan fingerprint density at radius 3 is 1.79 bits per heavy atom. The molecule has 0 saturated carbocycles. The van der Waals surface area contributed by atoms with Crippen molar-refractivity contribution < 1.29 is 28.0 Å². The van der Waals surface area contributed by atoms with E-state index in [1.54, 1.807) is 12.2 Å². The van der Waals surface area contributed by atoms with Crippen molar-refractivity contribution in [3.63, 3.8) is 0 Å². The monoisotopic (exact) mass is 447 g/mol. The fourth-order valence-corrected chi connectivity index (χ4v) is 10.2. The van der Waals surface area contributed by atoms with E-state index in [1.807, 2.05) is 7.05 Å². The Labute approximate surface area is 178 Å². The third kappa shape index (κ3) is 4.81. The smallest absolute Gasteiger partial charge is 0.337 e. The molecule has 2 aliphatic rings. The number of likely N-dealkylation sites (N-methyl/N-ethyl adjacent to an activating group) is 1. The van der Waals surface area contributed by atoms with Gasteiger partial charge in [-0.15, -0.1) is 0 Å². The molecule has 0 aromatic heterocycles. The number of carbonyl (C=O) groups is 1. The van der Waals surface area contributed by atoms with E-state index in [1.165, 1.54) is 0 Å². The summed E-state index contributed by atoms with van der Waals surface area (Å²) in [6, 6.07) is 5.97. The molecule has 2 saturated heterocycles. The van der Waals surface area contributed by atoms with Crippen LogP contribution in [0.5, 0.6) is 0 Å². The van der Waals surface area contributed by atoms with Gasteiger partial charge in [-0.1, -0.05) is 41.5 Å². The highest BCUT2D eigenvalue weighted by atomic mass is 28.4. The van der Waals surface area contributed by atoms with E-state index in [2.05, 4.69) is 41.5 Å². The highest BCUT2D eigenvalue weighted by molar-refractivity contribution is 6.74. The van der Waals surface area contributed by atoms with Crippen LogP contribution in [-0.2, 0) is 28.0 Å². The van der Waals surface area contributed by atoms with Crippen LogP contribution in [0.2, 0.25) is 36.3 Å². The van der Waals surface area contributed by atoms with Crippen LogP contribution in [0, 0.1) is 0 Å². The summed E-state index contributed by atoms with van der Waals surface area (Å²) < 4.78 is 25.5. The van der Waals surface area contributed by atoms with Crippen molar-refractivity contribution in [3.8, 4) is 0 Å². The van der Waals surface area contributed by atoms with Gasteiger partial charge in [0.15, 0.2) is 35.1 Å². The summed E-state index contributed by atoms with van der Waals surface area (Å²) in [5.41, 5.74) is 0. The maximum absolute atomic E-state index is 12.8. The zero-order valence-corrected chi connectivity index (χ0v) is 21.5. The predicted molar refractivity (Wildman–Crippen MR) is 117 cm³/mol. The minimum Gasteiger partial charge on any atom is -0.455 e. The van der Waals surface area contributed by atoms with Gasteiger partial charge in [0.05, 0.1) is 7.11 Å². The highest BCUT2D eigenvalue weighted by Crippen LogP contribution is 2.40. The lowest BCUT2D eigenvalue weighted by Crippen LogP contribution is -2.50. The second-order valence-electron chi connectivity index (χ2n) is 8.23. The Hall–Kier alpha value is -0.296. The van der Waals surface area contributed by atoms with Crippen LogP contribution >= 0.6 is 0 Å². The predicted octanol–water partition coefficient (Wildman–Crippen LogP) is 3.91. The first kappa shape index (κ1) is 25.0. The van der Waals surface area contributed by atoms with Crippen LogP contribution in [0.4, 0.5) is 0 Å². The molecule has 2 aliphatic heterocycles. The maximum atomic E-state index is 12.8. The summed E-state index contributed by atoms with van der Waals surface area (Å²) in [4.78, 5) is 18.2. The van der Waals surface area contributed by atoms with Crippen molar-refractivity contribution in [2.75, 3.05) is 14.2 Å². The van der Waals surface area contributed by atoms with E-state index < -0.39 is 41.2 Å². The van der Waals surface area contributed by atoms with Gasteiger partial charge in [-0.05, 0) is 36.3 Å². The Kier molecular flexibility index (Phi) is 8.91. The van der Waals surface area contributed by atoms with E-state index in [4.69, 9.17) is 23.2 Å². The molecule has 7 nitrogen and oxygen atoms in total. The zero-order valence-electron chi connectivity index (χ0n) is 19.5. The highest BCUT2D eigenvalue weighted by Gasteiger charge is 2.61. The summed E-state index contributed by atoms with van der Waals surface area (Å²) in [6.07, 6.45) is -2.37. The van der Waals surface area contributed by atoms with Gasteiger partial charge >= 0.3 is 5.97 Å². The molecule has 0 aromatic carbocycles. The molecule has 0 aliphatic carbocycles. The molecule has 2 rings (SSSR count). The zero-order chi connectivity index (χ0) is 21.8. The molecule has 0 N–H and O–H groups in total. The summed E-state index contributed by atoms with van der Waals surface area (Å²) in [7, 11) is -0.487. The van der Waals surface area contributed by atoms with Crippen LogP contribution in [0.1, 0.15) is 41.5 Å². The topological polar surface area (TPSA) is 66.5 Å². The number of ether oxygens (including phenoxy) is 2. The van der Waals surface area contributed by atoms with Crippen molar-refractivity contribution in [2.24, 2.45) is 0 Å². The minimum atomic E-state index is -1.99. The maximum Gasteiger partial charge on any atom is 0.337 e. The van der Waals surface area contributed by atoms with Crippen molar-refractivity contribution in [3.05, 3.63) is 0 Å². The molecule has 29 heavy (non-hydrogen) atoms. The molecule has 9 heteroatoms. The molecule has 170 valence electrons. The number of hydrogen-bond donors (Lipinski definition) is 0.